The Kier molecular flexibility index (Phi) is 8.52. The van der Waals surface area contributed by atoms with Gasteiger partial charge in [-0.15, -0.1) is 10.2 Å². The summed E-state index contributed by atoms with van der Waals surface area (Å²) < 4.78 is 12.9. The Bertz CT molecular complexity index is 1160. The Morgan fingerprint density at radius 1 is 1.19 bits per heavy atom. The van der Waals surface area contributed by atoms with Crippen LogP contribution >= 0.6 is 28.7 Å². The van der Waals surface area contributed by atoms with E-state index in [1.807, 2.05) is 26.0 Å². The molecule has 3 rings (SSSR count). The number of aromatic nitrogens is 3. The summed E-state index contributed by atoms with van der Waals surface area (Å²) in [6, 6.07) is 13.2. The second kappa shape index (κ2) is 11.1. The fraction of sp³-hybridized carbons (Fsp3) is 0.211. The van der Waals surface area contributed by atoms with Crippen LogP contribution < -0.4 is 0 Å². The van der Waals surface area contributed by atoms with E-state index < -0.39 is 10.6 Å². The third-order valence-corrected chi connectivity index (χ3v) is 9.14. The molecule has 1 heterocycles. The largest absolute Gasteiger partial charge is 0.322 e. The third-order valence-electron chi connectivity index (χ3n) is 3.92. The van der Waals surface area contributed by atoms with Crippen LogP contribution in [0.4, 0.5) is 5.69 Å². The van der Waals surface area contributed by atoms with Gasteiger partial charge >= 0.3 is 0 Å². The first-order valence-electron chi connectivity index (χ1n) is 9.44. The summed E-state index contributed by atoms with van der Waals surface area (Å²) in [6.45, 7) is 4.46. The lowest BCUT2D eigenvalue weighted by Crippen LogP contribution is -1.99. The van der Waals surface area contributed by atoms with Gasteiger partial charge in [0.15, 0.2) is 5.82 Å². The van der Waals surface area contributed by atoms with Crippen LogP contribution in [0.25, 0.3) is 11.4 Å². The van der Waals surface area contributed by atoms with Crippen molar-refractivity contribution < 1.29 is 14.0 Å². The molecule has 0 spiro atoms. The molecule has 0 fully saturated rings. The van der Waals surface area contributed by atoms with Gasteiger partial charge in [0.25, 0.3) is 11.4 Å². The van der Waals surface area contributed by atoms with Gasteiger partial charge in [-0.3, -0.25) is 10.1 Å². The fourth-order valence-corrected chi connectivity index (χ4v) is 7.19. The molecule has 168 valence electrons. The predicted molar refractivity (Wildman–Crippen MR) is 130 cm³/mol. The molecule has 0 atom stereocenters. The van der Waals surface area contributed by atoms with E-state index in [-0.39, 0.29) is 5.69 Å². The first-order chi connectivity index (χ1) is 15.4. The summed E-state index contributed by atoms with van der Waals surface area (Å²) >= 11 is 13.1. The molecule has 13 heteroatoms. The molecule has 0 saturated carbocycles. The Balaban J connectivity index is 2.04. The summed E-state index contributed by atoms with van der Waals surface area (Å²) in [5.74, 6) is 0.408. The van der Waals surface area contributed by atoms with E-state index in [1.165, 1.54) is 16.8 Å². The molecule has 9 nitrogen and oxygen atoms in total. The van der Waals surface area contributed by atoms with Gasteiger partial charge in [0.2, 0.25) is 5.16 Å². The van der Waals surface area contributed by atoms with E-state index in [0.717, 1.165) is 11.4 Å². The zero-order valence-corrected chi connectivity index (χ0v) is 20.4. The van der Waals surface area contributed by atoms with E-state index in [1.54, 1.807) is 30.5 Å². The maximum Gasteiger partial charge on any atom is 0.269 e. The summed E-state index contributed by atoms with van der Waals surface area (Å²) in [4.78, 5) is 10.4. The highest BCUT2D eigenvalue weighted by atomic mass is 35.5. The summed E-state index contributed by atoms with van der Waals surface area (Å²) in [5.41, 5.74) is -1.45. The van der Waals surface area contributed by atoms with Crippen molar-refractivity contribution in [3.63, 3.8) is 0 Å². The second-order valence-electron chi connectivity index (χ2n) is 6.07. The van der Waals surface area contributed by atoms with Crippen molar-refractivity contribution in [3.8, 4) is 11.4 Å². The predicted octanol–water partition coefficient (Wildman–Crippen LogP) is 5.78. The molecule has 0 aliphatic rings. The minimum Gasteiger partial charge on any atom is -0.322 e. The van der Waals surface area contributed by atoms with Crippen molar-refractivity contribution in [3.05, 3.63) is 69.2 Å². The van der Waals surface area contributed by atoms with Crippen molar-refractivity contribution in [2.45, 2.75) is 19.0 Å². The van der Waals surface area contributed by atoms with Crippen molar-refractivity contribution in [1.29, 1.82) is 0 Å². The highest BCUT2D eigenvalue weighted by Gasteiger charge is 2.26. The van der Waals surface area contributed by atoms with Crippen molar-refractivity contribution >= 4 is 52.4 Å². The number of nitro groups is 1. The quantitative estimate of drug-likeness (QED) is 0.146. The average molecular weight is 512 g/mol. The zero-order valence-electron chi connectivity index (χ0n) is 17.1. The second-order valence-corrected chi connectivity index (χ2v) is 12.6. The van der Waals surface area contributed by atoms with Crippen LogP contribution in [-0.2, 0) is 20.9 Å². The van der Waals surface area contributed by atoms with Gasteiger partial charge in [-0.1, -0.05) is 23.7 Å². The number of halogens is 1. The highest BCUT2D eigenvalue weighted by Crippen LogP contribution is 2.63. The number of nitrogens with zero attached hydrogens (tertiary/aromatic N) is 5. The molecule has 0 radical (unpaired) electrons. The number of nitro benzene ring substituents is 1. The SMILES string of the molecule is CCOP(=S)(OCC)Sc1nnc(-c2ccccc2Cl)n1/N=C/c1ccc([N+](=O)[O-])cc1. The van der Waals surface area contributed by atoms with Gasteiger partial charge in [0.05, 0.1) is 29.4 Å². The van der Waals surface area contributed by atoms with Crippen LogP contribution in [0.5, 0.6) is 0 Å². The molecule has 3 aromatic rings. The molecule has 0 bridgehead atoms. The lowest BCUT2D eigenvalue weighted by atomic mass is 10.2. The molecule has 0 saturated heterocycles. The third kappa shape index (κ3) is 6.00. The Morgan fingerprint density at radius 3 is 2.44 bits per heavy atom. The Hall–Kier alpha value is -2.14. The maximum atomic E-state index is 10.9. The lowest BCUT2D eigenvalue weighted by molar-refractivity contribution is -0.384. The molecule has 0 aliphatic heterocycles. The van der Waals surface area contributed by atoms with Crippen molar-refractivity contribution in [2.75, 3.05) is 13.2 Å². The first-order valence-corrected chi connectivity index (χ1v) is 13.9. The number of rotatable bonds is 10. The lowest BCUT2D eigenvalue weighted by Gasteiger charge is -2.18. The summed E-state index contributed by atoms with van der Waals surface area (Å²) in [6.07, 6.45) is 1.54. The smallest absolute Gasteiger partial charge is 0.269 e. The average Bonchev–Trinajstić information content (AvgIpc) is 3.14. The highest BCUT2D eigenvalue weighted by molar-refractivity contribution is 8.67. The van der Waals surface area contributed by atoms with Crippen molar-refractivity contribution in [1.82, 2.24) is 14.9 Å². The van der Waals surface area contributed by atoms with Gasteiger partial charge in [-0.05, 0) is 55.5 Å². The van der Waals surface area contributed by atoms with Gasteiger partial charge in [0.1, 0.15) is 0 Å². The molecule has 2 aromatic carbocycles. The maximum absolute atomic E-state index is 10.9. The van der Waals surface area contributed by atoms with Gasteiger partial charge < -0.3 is 9.05 Å². The van der Waals surface area contributed by atoms with Crippen LogP contribution in [0.2, 0.25) is 5.02 Å². The summed E-state index contributed by atoms with van der Waals surface area (Å²) in [7, 11) is 0. The van der Waals surface area contributed by atoms with Crippen molar-refractivity contribution in [2.24, 2.45) is 5.10 Å². The van der Waals surface area contributed by atoms with Gasteiger partial charge in [-0.25, -0.2) is 0 Å². The number of hydrogen-bond donors (Lipinski definition) is 0. The van der Waals surface area contributed by atoms with E-state index in [4.69, 9.17) is 32.5 Å². The molecule has 0 N–H and O–H groups in total. The molecule has 1 aromatic heterocycles. The standard InChI is InChI=1S/C19H19ClN5O4PS2/c1-3-28-30(31,29-4-2)32-19-23-22-18(16-7-5-6-8-17(16)20)24(19)21-13-14-9-11-15(12-10-14)25(26)27/h5-13H,3-4H2,1-2H3/b21-13+. The summed E-state index contributed by atoms with van der Waals surface area (Å²) in [5, 5.41) is 24.8. The van der Waals surface area contributed by atoms with E-state index in [9.17, 15) is 10.1 Å². The molecule has 0 amide bonds. The van der Waals surface area contributed by atoms with E-state index >= 15 is 0 Å². The monoisotopic (exact) mass is 511 g/mol. The minimum atomic E-state index is -2.73. The molecular formula is C19H19ClN5O4PS2. The Labute approximate surface area is 198 Å². The van der Waals surface area contributed by atoms with Crippen LogP contribution in [0.3, 0.4) is 0 Å². The number of non-ortho nitro benzene ring substituents is 1. The van der Waals surface area contributed by atoms with Crippen LogP contribution in [0.15, 0.2) is 58.8 Å². The minimum absolute atomic E-state index is 0.00596. The number of hydrogen-bond acceptors (Lipinski definition) is 9. The zero-order chi connectivity index (χ0) is 23.1. The van der Waals surface area contributed by atoms with E-state index in [0.29, 0.717) is 40.3 Å². The molecule has 0 aliphatic carbocycles. The number of benzene rings is 2. The van der Waals surface area contributed by atoms with E-state index in [2.05, 4.69) is 15.3 Å². The Morgan fingerprint density at radius 2 is 1.84 bits per heavy atom. The first kappa shape index (κ1) is 24.5. The van der Waals surface area contributed by atoms with Gasteiger partial charge in [0, 0.05) is 29.1 Å². The molecule has 32 heavy (non-hydrogen) atoms. The fourth-order valence-electron chi connectivity index (χ4n) is 2.55. The van der Waals surface area contributed by atoms with Crippen LogP contribution in [0.1, 0.15) is 19.4 Å². The van der Waals surface area contributed by atoms with Gasteiger partial charge in [-0.2, -0.15) is 9.78 Å². The van der Waals surface area contributed by atoms with Crippen LogP contribution in [0, 0.1) is 10.1 Å². The normalized spacial score (nSPS) is 11.8. The topological polar surface area (TPSA) is 105 Å². The molecule has 0 unspecified atom stereocenters. The molecular weight excluding hydrogens is 493 g/mol. The van der Waals surface area contributed by atoms with Crippen LogP contribution in [-0.4, -0.2) is 39.2 Å².